The van der Waals surface area contributed by atoms with E-state index in [0.29, 0.717) is 19.3 Å². The molecule has 0 spiro atoms. The van der Waals surface area contributed by atoms with Crippen LogP contribution in [0, 0.1) is 0 Å². The Morgan fingerprint density at radius 3 is 0.861 bits per heavy atom. The molecule has 0 bridgehead atoms. The number of allylic oxidation sites excluding steroid dienone is 12. The van der Waals surface area contributed by atoms with Crippen molar-refractivity contribution in [2.75, 3.05) is 13.2 Å². The van der Waals surface area contributed by atoms with Crippen molar-refractivity contribution >= 4 is 17.9 Å². The lowest BCUT2D eigenvalue weighted by Gasteiger charge is -2.18. The van der Waals surface area contributed by atoms with Crippen molar-refractivity contribution < 1.29 is 28.6 Å². The Bertz CT molecular complexity index is 1340. The van der Waals surface area contributed by atoms with Gasteiger partial charge in [0.2, 0.25) is 0 Å². The Morgan fingerprint density at radius 1 is 0.292 bits per heavy atom. The average Bonchev–Trinajstić information content (AvgIpc) is 3.38. The van der Waals surface area contributed by atoms with Gasteiger partial charge in [0, 0.05) is 19.3 Å². The summed E-state index contributed by atoms with van der Waals surface area (Å²) in [7, 11) is 0. The molecule has 1 atom stereocenters. The van der Waals surface area contributed by atoms with Gasteiger partial charge in [-0.05, 0) is 109 Å². The van der Waals surface area contributed by atoms with Gasteiger partial charge in [0.05, 0.1) is 0 Å². The lowest BCUT2D eigenvalue weighted by atomic mass is 10.1. The molecule has 0 saturated carbocycles. The predicted molar refractivity (Wildman–Crippen MR) is 311 cm³/mol. The van der Waals surface area contributed by atoms with Crippen LogP contribution in [0.5, 0.6) is 0 Å². The van der Waals surface area contributed by atoms with Crippen molar-refractivity contribution in [1.29, 1.82) is 0 Å². The molecular formula is C66H116O6. The van der Waals surface area contributed by atoms with E-state index in [0.717, 1.165) is 96.3 Å². The van der Waals surface area contributed by atoms with Gasteiger partial charge in [0.15, 0.2) is 6.10 Å². The van der Waals surface area contributed by atoms with Crippen LogP contribution in [0.1, 0.15) is 310 Å². The molecule has 72 heavy (non-hydrogen) atoms. The largest absolute Gasteiger partial charge is 0.462 e. The second kappa shape index (κ2) is 60.4. The molecule has 0 heterocycles. The number of ether oxygens (including phenoxy) is 3. The first-order chi connectivity index (χ1) is 35.5. The van der Waals surface area contributed by atoms with Gasteiger partial charge in [-0.3, -0.25) is 14.4 Å². The first kappa shape index (κ1) is 68.8. The van der Waals surface area contributed by atoms with Crippen molar-refractivity contribution in [3.05, 3.63) is 72.9 Å². The molecule has 416 valence electrons. The molecular weight excluding hydrogens is 889 g/mol. The van der Waals surface area contributed by atoms with E-state index >= 15 is 0 Å². The fourth-order valence-corrected chi connectivity index (χ4v) is 8.78. The zero-order valence-electron chi connectivity index (χ0n) is 47.7. The molecule has 0 aliphatic carbocycles. The van der Waals surface area contributed by atoms with Gasteiger partial charge in [0.1, 0.15) is 13.2 Å². The molecule has 0 aromatic heterocycles. The third-order valence-corrected chi connectivity index (χ3v) is 13.4. The normalized spacial score (nSPS) is 12.5. The first-order valence-corrected chi connectivity index (χ1v) is 30.9. The molecule has 0 aliphatic rings. The maximum atomic E-state index is 12.9. The summed E-state index contributed by atoms with van der Waals surface area (Å²) in [5.74, 6) is -0.895. The Hall–Kier alpha value is -3.15. The van der Waals surface area contributed by atoms with Gasteiger partial charge in [-0.25, -0.2) is 0 Å². The van der Waals surface area contributed by atoms with Crippen LogP contribution in [0.15, 0.2) is 72.9 Å². The van der Waals surface area contributed by atoms with E-state index in [1.807, 2.05) is 0 Å². The molecule has 0 rings (SSSR count). The van der Waals surface area contributed by atoms with E-state index in [4.69, 9.17) is 14.2 Å². The SMILES string of the molecule is CC/C=C\C/C=C\C/C=C\C/C=C\CCCCCCCCC(=O)OCC(COC(=O)CCCCCCC/C=C\CCCCCCCCC)OC(=O)CCCCCCCCCCC/C=C\CCCCCCCC. The maximum Gasteiger partial charge on any atom is 0.306 e. The summed E-state index contributed by atoms with van der Waals surface area (Å²) in [6.45, 7) is 6.53. The lowest BCUT2D eigenvalue weighted by molar-refractivity contribution is -0.167. The topological polar surface area (TPSA) is 78.9 Å². The van der Waals surface area contributed by atoms with Gasteiger partial charge in [-0.2, -0.15) is 0 Å². The number of esters is 3. The van der Waals surface area contributed by atoms with E-state index in [1.165, 1.54) is 173 Å². The van der Waals surface area contributed by atoms with Crippen molar-refractivity contribution in [3.63, 3.8) is 0 Å². The van der Waals surface area contributed by atoms with Crippen molar-refractivity contribution in [1.82, 2.24) is 0 Å². The van der Waals surface area contributed by atoms with E-state index in [1.54, 1.807) is 0 Å². The van der Waals surface area contributed by atoms with Crippen LogP contribution in [0.3, 0.4) is 0 Å². The summed E-state index contributed by atoms with van der Waals surface area (Å²) in [5.41, 5.74) is 0. The highest BCUT2D eigenvalue weighted by atomic mass is 16.6. The Morgan fingerprint density at radius 2 is 0.542 bits per heavy atom. The highest BCUT2D eigenvalue weighted by Crippen LogP contribution is 2.16. The summed E-state index contributed by atoms with van der Waals surface area (Å²) in [5, 5.41) is 0. The number of hydrogen-bond acceptors (Lipinski definition) is 6. The van der Waals surface area contributed by atoms with Crippen LogP contribution in [0.25, 0.3) is 0 Å². The molecule has 0 saturated heterocycles. The minimum atomic E-state index is -0.787. The first-order valence-electron chi connectivity index (χ1n) is 30.9. The molecule has 0 amide bonds. The fourth-order valence-electron chi connectivity index (χ4n) is 8.78. The summed E-state index contributed by atoms with van der Waals surface area (Å²) in [6, 6.07) is 0. The van der Waals surface area contributed by atoms with Gasteiger partial charge in [0.25, 0.3) is 0 Å². The van der Waals surface area contributed by atoms with Gasteiger partial charge >= 0.3 is 17.9 Å². The summed E-state index contributed by atoms with van der Waals surface area (Å²) in [4.78, 5) is 38.3. The van der Waals surface area contributed by atoms with Crippen LogP contribution in [-0.4, -0.2) is 37.2 Å². The van der Waals surface area contributed by atoms with E-state index in [-0.39, 0.29) is 31.1 Å². The highest BCUT2D eigenvalue weighted by Gasteiger charge is 2.19. The molecule has 1 unspecified atom stereocenters. The van der Waals surface area contributed by atoms with E-state index < -0.39 is 6.10 Å². The Kier molecular flexibility index (Phi) is 57.8. The minimum Gasteiger partial charge on any atom is -0.462 e. The zero-order chi connectivity index (χ0) is 52.2. The number of hydrogen-bond donors (Lipinski definition) is 0. The fraction of sp³-hybridized carbons (Fsp3) is 0.773. The van der Waals surface area contributed by atoms with Gasteiger partial charge < -0.3 is 14.2 Å². The molecule has 6 heteroatoms. The van der Waals surface area contributed by atoms with E-state index in [2.05, 4.69) is 93.7 Å². The van der Waals surface area contributed by atoms with Crippen LogP contribution in [0.4, 0.5) is 0 Å². The van der Waals surface area contributed by atoms with Gasteiger partial charge in [-0.15, -0.1) is 0 Å². The zero-order valence-corrected chi connectivity index (χ0v) is 47.7. The van der Waals surface area contributed by atoms with Crippen LogP contribution >= 0.6 is 0 Å². The number of carbonyl (C=O) groups is 3. The van der Waals surface area contributed by atoms with Crippen molar-refractivity contribution in [3.8, 4) is 0 Å². The highest BCUT2D eigenvalue weighted by molar-refractivity contribution is 5.71. The van der Waals surface area contributed by atoms with Crippen molar-refractivity contribution in [2.24, 2.45) is 0 Å². The lowest BCUT2D eigenvalue weighted by Crippen LogP contribution is -2.30. The summed E-state index contributed by atoms with van der Waals surface area (Å²) >= 11 is 0. The molecule has 0 radical (unpaired) electrons. The molecule has 0 fully saturated rings. The molecule has 0 aromatic rings. The quantitative estimate of drug-likeness (QED) is 0.0261. The van der Waals surface area contributed by atoms with Crippen LogP contribution in [0.2, 0.25) is 0 Å². The van der Waals surface area contributed by atoms with Crippen LogP contribution < -0.4 is 0 Å². The molecule has 0 N–H and O–H groups in total. The monoisotopic (exact) mass is 1000 g/mol. The number of unbranched alkanes of at least 4 members (excludes halogenated alkanes) is 33. The third kappa shape index (κ3) is 57.7. The second-order valence-corrected chi connectivity index (χ2v) is 20.6. The molecule has 0 aromatic carbocycles. The van der Waals surface area contributed by atoms with Crippen molar-refractivity contribution in [2.45, 2.75) is 316 Å². The third-order valence-electron chi connectivity index (χ3n) is 13.4. The maximum absolute atomic E-state index is 12.9. The predicted octanol–water partition coefficient (Wildman–Crippen LogP) is 20.9. The van der Waals surface area contributed by atoms with E-state index in [9.17, 15) is 14.4 Å². The smallest absolute Gasteiger partial charge is 0.306 e. The molecule has 6 nitrogen and oxygen atoms in total. The summed E-state index contributed by atoms with van der Waals surface area (Å²) in [6.07, 6.45) is 77.5. The number of rotatable bonds is 56. The standard InChI is InChI=1S/C66H116O6/c1-4-7-10-13-16-19-22-25-28-31-33-35-38-41-44-47-50-53-56-59-65(68)71-62-63(61-70-64(67)58-55-52-49-46-43-40-37-30-27-24-21-18-15-12-9-6-3)72-66(69)60-57-54-51-48-45-42-39-36-34-32-29-26-23-20-17-14-11-8-5-2/h7,10,16,19,25-26,28-30,33,35,37,63H,4-6,8-9,11-15,17-18,20-24,27,31-32,34,36,38-62H2,1-3H3/b10-7-,19-16-,28-25-,29-26-,35-33-,37-30-. The van der Waals surface area contributed by atoms with Gasteiger partial charge in [-0.1, -0.05) is 254 Å². The molecule has 0 aliphatic heterocycles. The Balaban J connectivity index is 4.40. The Labute approximate surface area is 446 Å². The second-order valence-electron chi connectivity index (χ2n) is 20.6. The average molecular weight is 1010 g/mol. The summed E-state index contributed by atoms with van der Waals surface area (Å²) < 4.78 is 16.9. The number of carbonyl (C=O) groups excluding carboxylic acids is 3. The van der Waals surface area contributed by atoms with Crippen LogP contribution in [-0.2, 0) is 28.6 Å². The minimum absolute atomic E-state index is 0.0839.